The van der Waals surface area contributed by atoms with Crippen molar-refractivity contribution in [2.24, 2.45) is 0 Å². The Bertz CT molecular complexity index is 483. The second-order valence-corrected chi connectivity index (χ2v) is 4.01. The van der Waals surface area contributed by atoms with E-state index in [1.54, 1.807) is 6.07 Å². The highest BCUT2D eigenvalue weighted by atomic mass is 79.9. The van der Waals surface area contributed by atoms with E-state index in [1.165, 1.54) is 19.2 Å². The smallest absolute Gasteiger partial charge is 0.309 e. The third kappa shape index (κ3) is 3.01. The standard InChI is InChI=1S/C11H8BrF2NO2/c1-17-9(16)4-6-2-3-8(12)7(5-15)10(6)11(13)14/h2-3,11H,4H2,1H3. The van der Waals surface area contributed by atoms with E-state index in [0.29, 0.717) is 0 Å². The monoisotopic (exact) mass is 303 g/mol. The van der Waals surface area contributed by atoms with Crippen molar-refractivity contribution in [2.45, 2.75) is 12.8 Å². The molecule has 1 aromatic carbocycles. The summed E-state index contributed by atoms with van der Waals surface area (Å²) in [5.74, 6) is -0.627. The lowest BCUT2D eigenvalue weighted by Crippen LogP contribution is -2.08. The predicted molar refractivity (Wildman–Crippen MR) is 59.5 cm³/mol. The molecule has 0 radical (unpaired) electrons. The Morgan fingerprint density at radius 3 is 2.71 bits per heavy atom. The molecule has 0 saturated heterocycles. The van der Waals surface area contributed by atoms with Crippen molar-refractivity contribution >= 4 is 21.9 Å². The van der Waals surface area contributed by atoms with E-state index in [-0.39, 0.29) is 22.0 Å². The lowest BCUT2D eigenvalue weighted by atomic mass is 9.99. The number of nitriles is 1. The van der Waals surface area contributed by atoms with Gasteiger partial charge in [-0.25, -0.2) is 8.78 Å². The fourth-order valence-electron chi connectivity index (χ4n) is 1.38. The normalized spacial score (nSPS) is 10.1. The van der Waals surface area contributed by atoms with Crippen LogP contribution in [0.2, 0.25) is 0 Å². The highest BCUT2D eigenvalue weighted by molar-refractivity contribution is 9.10. The predicted octanol–water partition coefficient (Wildman–Crippen LogP) is 2.97. The molecule has 17 heavy (non-hydrogen) atoms. The summed E-state index contributed by atoms with van der Waals surface area (Å²) in [6.07, 6.45) is -3.10. The van der Waals surface area contributed by atoms with Gasteiger partial charge in [-0.3, -0.25) is 4.79 Å². The fraction of sp³-hybridized carbons (Fsp3) is 0.273. The Balaban J connectivity index is 3.31. The third-order valence-electron chi connectivity index (χ3n) is 2.18. The molecular formula is C11H8BrF2NO2. The molecule has 3 nitrogen and oxygen atoms in total. The molecule has 0 bridgehead atoms. The van der Waals surface area contributed by atoms with Gasteiger partial charge in [0, 0.05) is 10.0 Å². The van der Waals surface area contributed by atoms with Crippen molar-refractivity contribution in [3.05, 3.63) is 33.3 Å². The molecule has 0 fully saturated rings. The first-order chi connectivity index (χ1) is 8.01. The maximum atomic E-state index is 12.9. The number of methoxy groups -OCH3 is 1. The first-order valence-corrected chi connectivity index (χ1v) is 5.36. The van der Waals surface area contributed by atoms with Gasteiger partial charge in [0.05, 0.1) is 19.1 Å². The lowest BCUT2D eigenvalue weighted by molar-refractivity contribution is -0.139. The number of hydrogen-bond donors (Lipinski definition) is 0. The molecule has 0 spiro atoms. The van der Waals surface area contributed by atoms with Crippen LogP contribution in [0, 0.1) is 11.3 Å². The molecule has 0 amide bonds. The molecule has 0 heterocycles. The van der Waals surface area contributed by atoms with Gasteiger partial charge >= 0.3 is 5.97 Å². The summed E-state index contributed by atoms with van der Waals surface area (Å²) in [5, 5.41) is 8.83. The first kappa shape index (κ1) is 13.6. The average molecular weight is 304 g/mol. The summed E-state index contributed by atoms with van der Waals surface area (Å²) in [6, 6.07) is 4.54. The number of esters is 1. The Labute approximate surface area is 105 Å². The van der Waals surface area contributed by atoms with Crippen LogP contribution < -0.4 is 0 Å². The van der Waals surface area contributed by atoms with Gasteiger partial charge in [0.2, 0.25) is 0 Å². The molecule has 6 heteroatoms. The zero-order valence-corrected chi connectivity index (χ0v) is 10.4. The van der Waals surface area contributed by atoms with Crippen LogP contribution in [0.5, 0.6) is 0 Å². The average Bonchev–Trinajstić information content (AvgIpc) is 2.30. The van der Waals surface area contributed by atoms with E-state index in [0.717, 1.165) is 0 Å². The molecule has 1 aromatic rings. The number of halogens is 3. The van der Waals surface area contributed by atoms with E-state index in [4.69, 9.17) is 5.26 Å². The largest absolute Gasteiger partial charge is 0.469 e. The molecule has 0 N–H and O–H groups in total. The van der Waals surface area contributed by atoms with Gasteiger partial charge in [-0.2, -0.15) is 5.26 Å². The van der Waals surface area contributed by atoms with Crippen molar-refractivity contribution in [3.8, 4) is 6.07 Å². The number of carbonyl (C=O) groups is 1. The number of carbonyl (C=O) groups excluding carboxylic acids is 1. The van der Waals surface area contributed by atoms with Gasteiger partial charge in [-0.05, 0) is 27.6 Å². The van der Waals surface area contributed by atoms with Gasteiger partial charge in [0.1, 0.15) is 6.07 Å². The highest BCUT2D eigenvalue weighted by Gasteiger charge is 2.21. The summed E-state index contributed by atoms with van der Waals surface area (Å²) in [4.78, 5) is 11.1. The number of benzene rings is 1. The minimum atomic E-state index is -2.82. The summed E-state index contributed by atoms with van der Waals surface area (Å²) >= 11 is 3.02. The van der Waals surface area contributed by atoms with Crippen LogP contribution in [0.3, 0.4) is 0 Å². The first-order valence-electron chi connectivity index (χ1n) is 4.57. The van der Waals surface area contributed by atoms with E-state index in [1.807, 2.05) is 0 Å². The van der Waals surface area contributed by atoms with Crippen LogP contribution in [0.1, 0.15) is 23.1 Å². The molecule has 0 saturated carbocycles. The molecule has 0 atom stereocenters. The van der Waals surface area contributed by atoms with Crippen LogP contribution in [0.15, 0.2) is 16.6 Å². The zero-order valence-electron chi connectivity index (χ0n) is 8.84. The van der Waals surface area contributed by atoms with E-state index in [2.05, 4.69) is 20.7 Å². The molecular weight excluding hydrogens is 296 g/mol. The van der Waals surface area contributed by atoms with Gasteiger partial charge in [0.25, 0.3) is 6.43 Å². The summed E-state index contributed by atoms with van der Waals surface area (Å²) in [5.41, 5.74) is -0.472. The van der Waals surface area contributed by atoms with Gasteiger partial charge in [-0.15, -0.1) is 0 Å². The Hall–Kier alpha value is -1.48. The molecule has 90 valence electrons. The second-order valence-electron chi connectivity index (χ2n) is 3.16. The van der Waals surface area contributed by atoms with Gasteiger partial charge < -0.3 is 4.74 Å². The molecule has 0 aliphatic carbocycles. The SMILES string of the molecule is COC(=O)Cc1ccc(Br)c(C#N)c1C(F)F. The number of nitrogens with zero attached hydrogens (tertiary/aromatic N) is 1. The minimum absolute atomic E-state index is 0.103. The van der Waals surface area contributed by atoms with Crippen LogP contribution in [0.25, 0.3) is 0 Å². The maximum absolute atomic E-state index is 12.9. The summed E-state index contributed by atoms with van der Waals surface area (Å²) < 4.78 is 30.5. The van der Waals surface area contributed by atoms with E-state index < -0.39 is 18.0 Å². The molecule has 0 unspecified atom stereocenters. The van der Waals surface area contributed by atoms with Crippen LogP contribution in [-0.2, 0) is 16.0 Å². The summed E-state index contributed by atoms with van der Waals surface area (Å²) in [6.45, 7) is 0. The number of ether oxygens (including phenoxy) is 1. The second kappa shape index (κ2) is 5.73. The van der Waals surface area contributed by atoms with Gasteiger partial charge in [0.15, 0.2) is 0 Å². The van der Waals surface area contributed by atoms with E-state index in [9.17, 15) is 13.6 Å². The quantitative estimate of drug-likeness (QED) is 0.807. The Morgan fingerprint density at radius 2 is 2.24 bits per heavy atom. The van der Waals surface area contributed by atoms with Gasteiger partial charge in [-0.1, -0.05) is 6.07 Å². The topological polar surface area (TPSA) is 50.1 Å². The van der Waals surface area contributed by atoms with Crippen molar-refractivity contribution in [1.82, 2.24) is 0 Å². The molecule has 0 aromatic heterocycles. The fourth-order valence-corrected chi connectivity index (χ4v) is 1.82. The Morgan fingerprint density at radius 1 is 1.59 bits per heavy atom. The maximum Gasteiger partial charge on any atom is 0.309 e. The zero-order chi connectivity index (χ0) is 13.0. The third-order valence-corrected chi connectivity index (χ3v) is 2.84. The van der Waals surface area contributed by atoms with Crippen LogP contribution in [0.4, 0.5) is 8.78 Å². The number of rotatable bonds is 3. The molecule has 1 rings (SSSR count). The van der Waals surface area contributed by atoms with Crippen molar-refractivity contribution in [1.29, 1.82) is 5.26 Å². The molecule has 0 aliphatic heterocycles. The van der Waals surface area contributed by atoms with Crippen LogP contribution in [-0.4, -0.2) is 13.1 Å². The van der Waals surface area contributed by atoms with Crippen molar-refractivity contribution in [3.63, 3.8) is 0 Å². The summed E-state index contributed by atoms with van der Waals surface area (Å²) in [7, 11) is 1.18. The highest BCUT2D eigenvalue weighted by Crippen LogP contribution is 2.31. The lowest BCUT2D eigenvalue weighted by Gasteiger charge is -2.11. The number of alkyl halides is 2. The van der Waals surface area contributed by atoms with Crippen LogP contribution >= 0.6 is 15.9 Å². The van der Waals surface area contributed by atoms with Crippen molar-refractivity contribution in [2.75, 3.05) is 7.11 Å². The van der Waals surface area contributed by atoms with E-state index >= 15 is 0 Å². The minimum Gasteiger partial charge on any atom is -0.469 e. The Kier molecular flexibility index (Phi) is 4.58. The van der Waals surface area contributed by atoms with Crippen molar-refractivity contribution < 1.29 is 18.3 Å². The molecule has 0 aliphatic rings. The number of hydrogen-bond acceptors (Lipinski definition) is 3.